The van der Waals surface area contributed by atoms with Crippen LogP contribution in [0.5, 0.6) is 0 Å². The molecule has 0 saturated carbocycles. The van der Waals surface area contributed by atoms with Crippen LogP contribution in [-0.4, -0.2) is 48.7 Å². The van der Waals surface area contributed by atoms with Gasteiger partial charge in [-0.25, -0.2) is 0 Å². The maximum atomic E-state index is 10.5. The molecule has 0 spiro atoms. The topological polar surface area (TPSA) is 52.6 Å². The van der Waals surface area contributed by atoms with Crippen LogP contribution >= 0.6 is 0 Å². The van der Waals surface area contributed by atoms with Crippen LogP contribution in [0.3, 0.4) is 0 Å². The van der Waals surface area contributed by atoms with Crippen molar-refractivity contribution in [2.24, 2.45) is 5.41 Å². The summed E-state index contributed by atoms with van der Waals surface area (Å²) >= 11 is 0. The molecule has 0 bridgehead atoms. The van der Waals surface area contributed by atoms with Crippen molar-refractivity contribution in [1.82, 2.24) is 10.2 Å². The Hall–Kier alpha value is -0.610. The summed E-state index contributed by atoms with van der Waals surface area (Å²) in [5.41, 5.74) is 0.284. The largest absolute Gasteiger partial charge is 0.480 e. The van der Waals surface area contributed by atoms with Crippen molar-refractivity contribution in [2.75, 3.05) is 26.7 Å². The number of rotatable bonds is 4. The van der Waals surface area contributed by atoms with E-state index in [0.717, 1.165) is 13.1 Å². The maximum Gasteiger partial charge on any atom is 0.317 e. The Bertz CT molecular complexity index is 217. The third-order valence-corrected chi connectivity index (χ3v) is 3.00. The van der Waals surface area contributed by atoms with Crippen molar-refractivity contribution in [1.29, 1.82) is 0 Å². The SMILES string of the molecule is CC.CN(CC(=O)O)CC1NCCC1(C)C. The number of carboxylic acid groups (broad SMARTS) is 1. The first-order chi connectivity index (χ1) is 7.42. The Balaban J connectivity index is 0.00000106. The van der Waals surface area contributed by atoms with E-state index in [9.17, 15) is 4.79 Å². The molecule has 0 aliphatic carbocycles. The van der Waals surface area contributed by atoms with Gasteiger partial charge in [-0.05, 0) is 25.4 Å². The number of likely N-dealkylation sites (N-methyl/N-ethyl adjacent to an activating group) is 1. The van der Waals surface area contributed by atoms with Crippen LogP contribution in [0.25, 0.3) is 0 Å². The number of carboxylic acids is 1. The van der Waals surface area contributed by atoms with E-state index < -0.39 is 5.97 Å². The number of nitrogens with one attached hydrogen (secondary N) is 1. The monoisotopic (exact) mass is 230 g/mol. The Kier molecular flexibility index (Phi) is 6.60. The summed E-state index contributed by atoms with van der Waals surface area (Å²) in [7, 11) is 1.85. The van der Waals surface area contributed by atoms with Crippen molar-refractivity contribution in [3.8, 4) is 0 Å². The minimum Gasteiger partial charge on any atom is -0.480 e. The van der Waals surface area contributed by atoms with Gasteiger partial charge in [-0.15, -0.1) is 0 Å². The fourth-order valence-corrected chi connectivity index (χ4v) is 1.94. The molecule has 0 amide bonds. The third kappa shape index (κ3) is 4.94. The summed E-state index contributed by atoms with van der Waals surface area (Å²) in [6, 6.07) is 0.409. The smallest absolute Gasteiger partial charge is 0.317 e. The molecule has 1 saturated heterocycles. The van der Waals surface area contributed by atoms with Crippen LogP contribution < -0.4 is 5.32 Å². The van der Waals surface area contributed by atoms with Gasteiger partial charge >= 0.3 is 5.97 Å². The highest BCUT2D eigenvalue weighted by Crippen LogP contribution is 2.29. The first-order valence-corrected chi connectivity index (χ1v) is 6.05. The highest BCUT2D eigenvalue weighted by atomic mass is 16.4. The van der Waals surface area contributed by atoms with Gasteiger partial charge in [0.05, 0.1) is 6.54 Å². The maximum absolute atomic E-state index is 10.5. The number of hydrogen-bond donors (Lipinski definition) is 2. The molecule has 0 aromatic rings. The van der Waals surface area contributed by atoms with E-state index in [1.807, 2.05) is 25.8 Å². The zero-order chi connectivity index (χ0) is 12.8. The van der Waals surface area contributed by atoms with E-state index in [-0.39, 0.29) is 12.0 Å². The Morgan fingerprint density at radius 1 is 1.50 bits per heavy atom. The van der Waals surface area contributed by atoms with E-state index in [1.54, 1.807) is 0 Å². The number of nitrogens with zero attached hydrogens (tertiary/aromatic N) is 1. The van der Waals surface area contributed by atoms with Gasteiger partial charge in [0, 0.05) is 12.6 Å². The van der Waals surface area contributed by atoms with Crippen molar-refractivity contribution < 1.29 is 9.90 Å². The second-order valence-electron chi connectivity index (χ2n) is 4.84. The lowest BCUT2D eigenvalue weighted by Gasteiger charge is -2.29. The number of carbonyl (C=O) groups is 1. The quantitative estimate of drug-likeness (QED) is 0.767. The molecular formula is C12H26N2O2. The molecule has 1 aliphatic heterocycles. The average Bonchev–Trinajstić information content (AvgIpc) is 2.48. The van der Waals surface area contributed by atoms with Gasteiger partial charge in [0.2, 0.25) is 0 Å². The Morgan fingerprint density at radius 3 is 2.44 bits per heavy atom. The van der Waals surface area contributed by atoms with Crippen LogP contribution in [0, 0.1) is 5.41 Å². The fraction of sp³-hybridized carbons (Fsp3) is 0.917. The van der Waals surface area contributed by atoms with E-state index in [4.69, 9.17) is 5.11 Å². The van der Waals surface area contributed by atoms with Gasteiger partial charge in [-0.2, -0.15) is 0 Å². The second kappa shape index (κ2) is 6.86. The van der Waals surface area contributed by atoms with Crippen molar-refractivity contribution in [3.63, 3.8) is 0 Å². The lowest BCUT2D eigenvalue weighted by Crippen LogP contribution is -2.43. The van der Waals surface area contributed by atoms with Crippen LogP contribution in [-0.2, 0) is 4.79 Å². The van der Waals surface area contributed by atoms with E-state index in [1.165, 1.54) is 6.42 Å². The normalized spacial score (nSPS) is 22.8. The van der Waals surface area contributed by atoms with Crippen LogP contribution in [0.15, 0.2) is 0 Å². The molecule has 1 unspecified atom stereocenters. The van der Waals surface area contributed by atoms with Crippen LogP contribution in [0.1, 0.15) is 34.1 Å². The molecule has 96 valence electrons. The average molecular weight is 230 g/mol. The minimum absolute atomic E-state index is 0.119. The second-order valence-corrected chi connectivity index (χ2v) is 4.84. The van der Waals surface area contributed by atoms with E-state index >= 15 is 0 Å². The molecule has 0 aromatic heterocycles. The first kappa shape index (κ1) is 15.4. The predicted molar refractivity (Wildman–Crippen MR) is 66.7 cm³/mol. The molecule has 1 aliphatic rings. The van der Waals surface area contributed by atoms with Crippen molar-refractivity contribution in [2.45, 2.75) is 40.2 Å². The standard InChI is InChI=1S/C10H20N2O2.C2H6/c1-10(2)4-5-11-8(10)6-12(3)7-9(13)14;1-2/h8,11H,4-7H2,1-3H3,(H,13,14);1-2H3. The Morgan fingerprint density at radius 2 is 2.06 bits per heavy atom. The summed E-state index contributed by atoms with van der Waals surface area (Å²) in [6.45, 7) is 10.4. The Labute approximate surface area is 99.0 Å². The summed E-state index contributed by atoms with van der Waals surface area (Å²) in [5.74, 6) is -0.761. The zero-order valence-electron chi connectivity index (χ0n) is 11.2. The highest BCUT2D eigenvalue weighted by Gasteiger charge is 2.34. The van der Waals surface area contributed by atoms with Gasteiger partial charge in [-0.3, -0.25) is 9.69 Å². The molecular weight excluding hydrogens is 204 g/mol. The zero-order valence-corrected chi connectivity index (χ0v) is 11.2. The van der Waals surface area contributed by atoms with Gasteiger partial charge < -0.3 is 10.4 Å². The van der Waals surface area contributed by atoms with Gasteiger partial charge in [0.15, 0.2) is 0 Å². The molecule has 0 aromatic carbocycles. The van der Waals surface area contributed by atoms with E-state index in [0.29, 0.717) is 6.04 Å². The molecule has 4 heteroatoms. The van der Waals surface area contributed by atoms with Gasteiger partial charge in [0.1, 0.15) is 0 Å². The summed E-state index contributed by atoms with van der Waals surface area (Å²) < 4.78 is 0. The third-order valence-electron chi connectivity index (χ3n) is 3.00. The number of aliphatic carboxylic acids is 1. The lowest BCUT2D eigenvalue weighted by molar-refractivity contribution is -0.138. The predicted octanol–water partition coefficient (Wildman–Crippen LogP) is 1.42. The van der Waals surface area contributed by atoms with E-state index in [2.05, 4.69) is 19.2 Å². The fourth-order valence-electron chi connectivity index (χ4n) is 1.94. The lowest BCUT2D eigenvalue weighted by atomic mass is 9.85. The number of hydrogen-bond acceptors (Lipinski definition) is 3. The first-order valence-electron chi connectivity index (χ1n) is 6.05. The molecule has 1 fully saturated rings. The van der Waals surface area contributed by atoms with Crippen molar-refractivity contribution >= 4 is 5.97 Å². The van der Waals surface area contributed by atoms with Gasteiger partial charge in [0.25, 0.3) is 0 Å². The molecule has 1 heterocycles. The summed E-state index contributed by atoms with van der Waals surface area (Å²) in [4.78, 5) is 12.3. The van der Waals surface area contributed by atoms with Gasteiger partial charge in [-0.1, -0.05) is 27.7 Å². The van der Waals surface area contributed by atoms with Crippen LogP contribution in [0.2, 0.25) is 0 Å². The van der Waals surface area contributed by atoms with Crippen LogP contribution in [0.4, 0.5) is 0 Å². The molecule has 4 nitrogen and oxygen atoms in total. The molecule has 16 heavy (non-hydrogen) atoms. The molecule has 0 radical (unpaired) electrons. The molecule has 1 rings (SSSR count). The summed E-state index contributed by atoms with van der Waals surface area (Å²) in [6.07, 6.45) is 1.17. The molecule has 2 N–H and O–H groups in total. The summed E-state index contributed by atoms with van der Waals surface area (Å²) in [5, 5.41) is 12.0. The minimum atomic E-state index is -0.761. The highest BCUT2D eigenvalue weighted by molar-refractivity contribution is 5.69. The van der Waals surface area contributed by atoms with Crippen molar-refractivity contribution in [3.05, 3.63) is 0 Å². The molecule has 1 atom stereocenters.